The minimum Gasteiger partial charge on any atom is -0.394 e. The third kappa shape index (κ3) is 3.52. The van der Waals surface area contributed by atoms with Gasteiger partial charge >= 0.3 is 0 Å². The molecule has 0 unspecified atom stereocenters. The van der Waals surface area contributed by atoms with E-state index in [2.05, 4.69) is 0 Å². The minimum atomic E-state index is -1.64. The second kappa shape index (κ2) is 6.82. The maximum absolute atomic E-state index is 9.98. The van der Waals surface area contributed by atoms with Crippen LogP contribution in [0.2, 0.25) is 0 Å². The molecule has 0 radical (unpaired) electrons. The van der Waals surface area contributed by atoms with Crippen molar-refractivity contribution in [2.24, 2.45) is 0 Å². The summed E-state index contributed by atoms with van der Waals surface area (Å²) in [5.74, 6) is 0. The van der Waals surface area contributed by atoms with Gasteiger partial charge in [-0.2, -0.15) is 0 Å². The van der Waals surface area contributed by atoms with E-state index in [1.165, 1.54) is 0 Å². The molecule has 0 amide bonds. The van der Waals surface area contributed by atoms with E-state index in [9.17, 15) is 25.5 Å². The van der Waals surface area contributed by atoms with E-state index < -0.39 is 61.9 Å². The summed E-state index contributed by atoms with van der Waals surface area (Å²) >= 11 is 0. The van der Waals surface area contributed by atoms with Gasteiger partial charge in [-0.3, -0.25) is 0 Å². The second-order valence-electron chi connectivity index (χ2n) is 5.41. The van der Waals surface area contributed by atoms with E-state index in [-0.39, 0.29) is 6.42 Å². The van der Waals surface area contributed by atoms with Gasteiger partial charge in [0.15, 0.2) is 12.6 Å². The average Bonchev–Trinajstić information content (AvgIpc) is 2.44. The first-order valence-electron chi connectivity index (χ1n) is 6.82. The zero-order valence-corrected chi connectivity index (χ0v) is 11.5. The molecule has 124 valence electrons. The van der Waals surface area contributed by atoms with Crippen LogP contribution in [0.3, 0.4) is 0 Å². The summed E-state index contributed by atoms with van der Waals surface area (Å²) in [5.41, 5.74) is 0. The van der Waals surface area contributed by atoms with Crippen LogP contribution in [0.25, 0.3) is 0 Å². The quantitative estimate of drug-likeness (QED) is 0.314. The fourth-order valence-corrected chi connectivity index (χ4v) is 2.45. The third-order valence-corrected chi connectivity index (χ3v) is 3.82. The molecule has 9 nitrogen and oxygen atoms in total. The van der Waals surface area contributed by atoms with E-state index >= 15 is 0 Å². The van der Waals surface area contributed by atoms with Crippen LogP contribution in [0, 0.1) is 0 Å². The SMILES string of the molecule is C[C@H]1O[C@H](O[C@H]2[C@@H](O)[C@@H](CO)O[C@H](O)[C@H]2O)[C@H](O)C[C@H]1O. The summed E-state index contributed by atoms with van der Waals surface area (Å²) in [7, 11) is 0. The van der Waals surface area contributed by atoms with Crippen LogP contribution in [-0.2, 0) is 14.2 Å². The lowest BCUT2D eigenvalue weighted by atomic mass is 9.98. The zero-order valence-electron chi connectivity index (χ0n) is 11.5. The van der Waals surface area contributed by atoms with Crippen molar-refractivity contribution in [3.8, 4) is 0 Å². The number of ether oxygens (including phenoxy) is 3. The molecular formula is C12H22O9. The van der Waals surface area contributed by atoms with Crippen molar-refractivity contribution in [3.05, 3.63) is 0 Å². The number of aliphatic hydroxyl groups is 6. The van der Waals surface area contributed by atoms with Crippen LogP contribution < -0.4 is 0 Å². The standard InChI is InChI=1S/C12H22O9/c1-4-5(14)2-6(15)12(19-4)21-10-8(16)7(3-13)20-11(18)9(10)17/h4-18H,2-3H2,1H3/t4-,5-,6-,7-,8+,9+,10+,11+,12-/m1/s1. The van der Waals surface area contributed by atoms with Crippen LogP contribution >= 0.6 is 0 Å². The largest absolute Gasteiger partial charge is 0.394 e. The highest BCUT2D eigenvalue weighted by molar-refractivity contribution is 4.91. The van der Waals surface area contributed by atoms with Gasteiger partial charge in [0.25, 0.3) is 0 Å². The molecule has 2 fully saturated rings. The summed E-state index contributed by atoms with van der Waals surface area (Å²) in [5, 5.41) is 57.8. The van der Waals surface area contributed by atoms with Crippen LogP contribution in [0.4, 0.5) is 0 Å². The molecule has 2 heterocycles. The highest BCUT2D eigenvalue weighted by Crippen LogP contribution is 2.27. The highest BCUT2D eigenvalue weighted by atomic mass is 16.7. The molecule has 2 rings (SSSR count). The van der Waals surface area contributed by atoms with Crippen molar-refractivity contribution in [2.45, 2.75) is 68.7 Å². The first-order valence-corrected chi connectivity index (χ1v) is 6.82. The van der Waals surface area contributed by atoms with Crippen LogP contribution in [0.1, 0.15) is 13.3 Å². The predicted octanol–water partition coefficient (Wildman–Crippen LogP) is -3.34. The smallest absolute Gasteiger partial charge is 0.184 e. The fraction of sp³-hybridized carbons (Fsp3) is 1.00. The van der Waals surface area contributed by atoms with Gasteiger partial charge in [-0.1, -0.05) is 0 Å². The van der Waals surface area contributed by atoms with Crippen molar-refractivity contribution in [1.29, 1.82) is 0 Å². The van der Waals surface area contributed by atoms with Crippen molar-refractivity contribution in [2.75, 3.05) is 6.61 Å². The van der Waals surface area contributed by atoms with Gasteiger partial charge in [0.1, 0.15) is 30.5 Å². The lowest BCUT2D eigenvalue weighted by molar-refractivity contribution is -0.341. The van der Waals surface area contributed by atoms with Crippen LogP contribution in [0.15, 0.2) is 0 Å². The second-order valence-corrected chi connectivity index (χ2v) is 5.41. The average molecular weight is 310 g/mol. The summed E-state index contributed by atoms with van der Waals surface area (Å²) in [6.45, 7) is 1.02. The highest BCUT2D eigenvalue weighted by Gasteiger charge is 2.47. The Morgan fingerprint density at radius 3 is 2.29 bits per heavy atom. The van der Waals surface area contributed by atoms with E-state index in [4.69, 9.17) is 19.3 Å². The number of aliphatic hydroxyl groups excluding tert-OH is 6. The molecule has 0 aliphatic carbocycles. The molecule has 9 heteroatoms. The molecule has 0 aromatic carbocycles. The Labute approximate surface area is 121 Å². The summed E-state index contributed by atoms with van der Waals surface area (Å²) < 4.78 is 15.5. The van der Waals surface area contributed by atoms with E-state index in [1.54, 1.807) is 6.92 Å². The minimum absolute atomic E-state index is 0.0211. The summed E-state index contributed by atoms with van der Waals surface area (Å²) in [6.07, 6.45) is -10.8. The lowest BCUT2D eigenvalue weighted by Gasteiger charge is -2.43. The Kier molecular flexibility index (Phi) is 5.52. The molecule has 0 aromatic rings. The Bertz CT molecular complexity index is 341. The van der Waals surface area contributed by atoms with Gasteiger partial charge in [0.2, 0.25) is 0 Å². The topological polar surface area (TPSA) is 149 Å². The van der Waals surface area contributed by atoms with Gasteiger partial charge in [0, 0.05) is 6.42 Å². The maximum atomic E-state index is 9.98. The van der Waals surface area contributed by atoms with Crippen LogP contribution in [0.5, 0.6) is 0 Å². The summed E-state index contributed by atoms with van der Waals surface area (Å²) in [4.78, 5) is 0. The van der Waals surface area contributed by atoms with Crippen molar-refractivity contribution in [3.63, 3.8) is 0 Å². The number of hydrogen-bond acceptors (Lipinski definition) is 9. The maximum Gasteiger partial charge on any atom is 0.184 e. The molecule has 6 N–H and O–H groups in total. The monoisotopic (exact) mass is 310 g/mol. The number of rotatable bonds is 3. The van der Waals surface area contributed by atoms with Gasteiger partial charge in [-0.15, -0.1) is 0 Å². The molecule has 2 aliphatic rings. The van der Waals surface area contributed by atoms with Crippen LogP contribution in [-0.4, -0.2) is 92.6 Å². The van der Waals surface area contributed by atoms with Gasteiger partial charge in [-0.25, -0.2) is 0 Å². The Balaban J connectivity index is 2.05. The van der Waals surface area contributed by atoms with Gasteiger partial charge < -0.3 is 44.8 Å². The van der Waals surface area contributed by atoms with Gasteiger partial charge in [-0.05, 0) is 6.92 Å². The molecule has 21 heavy (non-hydrogen) atoms. The third-order valence-electron chi connectivity index (χ3n) is 3.82. The molecule has 0 aromatic heterocycles. The van der Waals surface area contributed by atoms with E-state index in [0.29, 0.717) is 0 Å². The normalized spacial score (nSPS) is 51.9. The van der Waals surface area contributed by atoms with E-state index in [0.717, 1.165) is 0 Å². The molecule has 0 spiro atoms. The molecule has 2 aliphatic heterocycles. The predicted molar refractivity (Wildman–Crippen MR) is 65.8 cm³/mol. The van der Waals surface area contributed by atoms with Crippen molar-refractivity contribution in [1.82, 2.24) is 0 Å². The fourth-order valence-electron chi connectivity index (χ4n) is 2.45. The zero-order chi connectivity index (χ0) is 15.7. The van der Waals surface area contributed by atoms with Crippen molar-refractivity contribution >= 4 is 0 Å². The van der Waals surface area contributed by atoms with Gasteiger partial charge in [0.05, 0.1) is 18.8 Å². The summed E-state index contributed by atoms with van der Waals surface area (Å²) in [6, 6.07) is 0. The Morgan fingerprint density at radius 1 is 1.00 bits per heavy atom. The Hall–Kier alpha value is -0.360. The first-order chi connectivity index (χ1) is 9.85. The number of hydrogen-bond donors (Lipinski definition) is 6. The molecule has 9 atom stereocenters. The molecule has 2 saturated heterocycles. The van der Waals surface area contributed by atoms with E-state index in [1.807, 2.05) is 0 Å². The molecule has 0 bridgehead atoms. The lowest BCUT2D eigenvalue weighted by Crippen LogP contribution is -2.61. The first kappa shape index (κ1) is 17.0. The van der Waals surface area contributed by atoms with Crippen molar-refractivity contribution < 1.29 is 44.8 Å². The molecular weight excluding hydrogens is 288 g/mol. The Morgan fingerprint density at radius 2 is 1.67 bits per heavy atom. The molecule has 0 saturated carbocycles.